The Morgan fingerprint density at radius 1 is 1.56 bits per heavy atom. The highest BCUT2D eigenvalue weighted by Crippen LogP contribution is 2.36. The Morgan fingerprint density at radius 2 is 2.25 bits per heavy atom. The Bertz CT molecular complexity index is 394. The summed E-state index contributed by atoms with van der Waals surface area (Å²) in [6.07, 6.45) is 0. The molecule has 0 amide bonds. The van der Waals surface area contributed by atoms with Gasteiger partial charge in [0, 0.05) is 0 Å². The monoisotopic (exact) mass is 225 g/mol. The molecule has 0 aliphatic carbocycles. The standard InChI is InChI=1S/C11H15NO4/c1-7-3-4-8(16-7)11(5-15-6-11)9(12-2)10(13)14/h3-4,9,12H,5-6H2,1-2H3,(H,13,14). The minimum atomic E-state index is -0.889. The summed E-state index contributed by atoms with van der Waals surface area (Å²) in [6.45, 7) is 2.58. The number of furan rings is 1. The van der Waals surface area contributed by atoms with Gasteiger partial charge < -0.3 is 19.6 Å². The van der Waals surface area contributed by atoms with Crippen LogP contribution in [0.1, 0.15) is 11.5 Å². The number of nitrogens with one attached hydrogen (secondary N) is 1. The number of carboxylic acids is 1. The van der Waals surface area contributed by atoms with Crippen molar-refractivity contribution in [2.45, 2.75) is 18.4 Å². The lowest BCUT2D eigenvalue weighted by Gasteiger charge is -2.43. The molecule has 5 nitrogen and oxygen atoms in total. The summed E-state index contributed by atoms with van der Waals surface area (Å²) in [5, 5.41) is 12.0. The molecule has 1 atom stereocenters. The maximum Gasteiger partial charge on any atom is 0.321 e. The maximum atomic E-state index is 11.2. The third kappa shape index (κ3) is 1.52. The van der Waals surface area contributed by atoms with Gasteiger partial charge in [-0.25, -0.2) is 0 Å². The fourth-order valence-corrected chi connectivity index (χ4v) is 2.11. The van der Waals surface area contributed by atoms with Crippen LogP contribution in [-0.2, 0) is 14.9 Å². The van der Waals surface area contributed by atoms with Gasteiger partial charge in [-0.3, -0.25) is 4.79 Å². The Hall–Kier alpha value is -1.33. The van der Waals surface area contributed by atoms with E-state index in [0.717, 1.165) is 5.76 Å². The first-order chi connectivity index (χ1) is 7.60. The van der Waals surface area contributed by atoms with Crippen molar-refractivity contribution in [1.82, 2.24) is 5.32 Å². The lowest BCUT2D eigenvalue weighted by Crippen LogP contribution is -2.62. The van der Waals surface area contributed by atoms with Gasteiger partial charge in [0.25, 0.3) is 0 Å². The van der Waals surface area contributed by atoms with E-state index >= 15 is 0 Å². The van der Waals surface area contributed by atoms with Crippen LogP contribution in [0.3, 0.4) is 0 Å². The SMILES string of the molecule is CNC(C(=O)O)C1(c2ccc(C)o2)COC1. The van der Waals surface area contributed by atoms with Crippen LogP contribution in [0.4, 0.5) is 0 Å². The molecule has 0 spiro atoms. The number of likely N-dealkylation sites (N-methyl/N-ethyl adjacent to an activating group) is 1. The van der Waals surface area contributed by atoms with E-state index in [4.69, 9.17) is 9.15 Å². The van der Waals surface area contributed by atoms with Crippen molar-refractivity contribution in [1.29, 1.82) is 0 Å². The van der Waals surface area contributed by atoms with Crippen molar-refractivity contribution in [3.63, 3.8) is 0 Å². The van der Waals surface area contributed by atoms with Crippen LogP contribution in [-0.4, -0.2) is 37.4 Å². The molecule has 1 aliphatic rings. The smallest absolute Gasteiger partial charge is 0.321 e. The van der Waals surface area contributed by atoms with Crippen LogP contribution >= 0.6 is 0 Å². The molecular weight excluding hydrogens is 210 g/mol. The van der Waals surface area contributed by atoms with Crippen molar-refractivity contribution in [3.05, 3.63) is 23.7 Å². The summed E-state index contributed by atoms with van der Waals surface area (Å²) >= 11 is 0. The number of aliphatic carboxylic acids is 1. The summed E-state index contributed by atoms with van der Waals surface area (Å²) in [4.78, 5) is 11.2. The van der Waals surface area contributed by atoms with Crippen LogP contribution < -0.4 is 5.32 Å². The highest BCUT2D eigenvalue weighted by atomic mass is 16.5. The zero-order valence-corrected chi connectivity index (χ0v) is 9.32. The van der Waals surface area contributed by atoms with Crippen molar-refractivity contribution in [2.24, 2.45) is 0 Å². The Morgan fingerprint density at radius 3 is 2.56 bits per heavy atom. The van der Waals surface area contributed by atoms with Gasteiger partial charge in [-0.1, -0.05) is 0 Å². The van der Waals surface area contributed by atoms with Crippen molar-refractivity contribution >= 4 is 5.97 Å². The molecule has 2 rings (SSSR count). The summed E-state index contributed by atoms with van der Waals surface area (Å²) < 4.78 is 10.7. The normalized spacial score (nSPS) is 20.1. The first-order valence-electron chi connectivity index (χ1n) is 5.15. The number of carboxylic acid groups (broad SMARTS) is 1. The lowest BCUT2D eigenvalue weighted by atomic mass is 9.76. The van der Waals surface area contributed by atoms with E-state index < -0.39 is 17.4 Å². The number of rotatable bonds is 4. The summed E-state index contributed by atoms with van der Waals surface area (Å²) in [6, 6.07) is 2.97. The highest BCUT2D eigenvalue weighted by molar-refractivity contribution is 5.76. The van der Waals surface area contributed by atoms with Crippen LogP contribution in [0, 0.1) is 6.92 Å². The third-order valence-corrected chi connectivity index (χ3v) is 3.04. The molecule has 16 heavy (non-hydrogen) atoms. The van der Waals surface area contributed by atoms with Gasteiger partial charge >= 0.3 is 5.97 Å². The van der Waals surface area contributed by atoms with Gasteiger partial charge in [-0.15, -0.1) is 0 Å². The molecule has 1 aliphatic heterocycles. The minimum absolute atomic E-state index is 0.373. The molecular formula is C11H15NO4. The van der Waals surface area contributed by atoms with E-state index in [1.54, 1.807) is 7.05 Å². The molecule has 2 heterocycles. The van der Waals surface area contributed by atoms with Gasteiger partial charge in [-0.05, 0) is 26.1 Å². The van der Waals surface area contributed by atoms with E-state index in [-0.39, 0.29) is 0 Å². The fraction of sp³-hybridized carbons (Fsp3) is 0.545. The molecule has 1 unspecified atom stereocenters. The topological polar surface area (TPSA) is 71.7 Å². The molecule has 1 fully saturated rings. The Balaban J connectivity index is 2.35. The molecule has 0 saturated carbocycles. The quantitative estimate of drug-likeness (QED) is 0.782. The number of carbonyl (C=O) groups is 1. The molecule has 2 N–H and O–H groups in total. The summed E-state index contributed by atoms with van der Waals surface area (Å²) in [5.74, 6) is 0.569. The van der Waals surface area contributed by atoms with Crippen molar-refractivity contribution < 1.29 is 19.1 Å². The van der Waals surface area contributed by atoms with Gasteiger partial charge in [0.1, 0.15) is 23.0 Å². The molecule has 1 aromatic heterocycles. The lowest BCUT2D eigenvalue weighted by molar-refractivity contribution is -0.152. The molecule has 88 valence electrons. The highest BCUT2D eigenvalue weighted by Gasteiger charge is 2.52. The first kappa shape index (κ1) is 11.2. The Labute approximate surface area is 93.4 Å². The van der Waals surface area contributed by atoms with E-state index in [0.29, 0.717) is 19.0 Å². The van der Waals surface area contributed by atoms with Crippen molar-refractivity contribution in [2.75, 3.05) is 20.3 Å². The van der Waals surface area contributed by atoms with Crippen LogP contribution in [0.15, 0.2) is 16.5 Å². The average Bonchev–Trinajstić information content (AvgIpc) is 2.57. The number of ether oxygens (including phenoxy) is 1. The van der Waals surface area contributed by atoms with Crippen molar-refractivity contribution in [3.8, 4) is 0 Å². The largest absolute Gasteiger partial charge is 0.480 e. The zero-order chi connectivity index (χ0) is 11.8. The van der Waals surface area contributed by atoms with Gasteiger partial charge in [0.15, 0.2) is 0 Å². The van der Waals surface area contributed by atoms with E-state index in [2.05, 4.69) is 5.32 Å². The molecule has 5 heteroatoms. The van der Waals surface area contributed by atoms with Crippen LogP contribution in [0.2, 0.25) is 0 Å². The molecule has 0 bridgehead atoms. The summed E-state index contributed by atoms with van der Waals surface area (Å²) in [7, 11) is 1.63. The van der Waals surface area contributed by atoms with E-state index in [1.165, 1.54) is 0 Å². The second kappa shape index (κ2) is 3.92. The van der Waals surface area contributed by atoms with Gasteiger partial charge in [-0.2, -0.15) is 0 Å². The van der Waals surface area contributed by atoms with E-state index in [9.17, 15) is 9.90 Å². The predicted octanol–water partition coefficient (Wildman–Crippen LogP) is 0.529. The number of aryl methyl sites for hydroxylation is 1. The maximum absolute atomic E-state index is 11.2. The summed E-state index contributed by atoms with van der Waals surface area (Å²) in [5.41, 5.74) is -0.575. The zero-order valence-electron chi connectivity index (χ0n) is 9.32. The van der Waals surface area contributed by atoms with Gasteiger partial charge in [0.05, 0.1) is 13.2 Å². The first-order valence-corrected chi connectivity index (χ1v) is 5.15. The van der Waals surface area contributed by atoms with E-state index in [1.807, 2.05) is 19.1 Å². The van der Waals surface area contributed by atoms with Gasteiger partial charge in [0.2, 0.25) is 0 Å². The second-order valence-corrected chi connectivity index (χ2v) is 4.12. The number of hydrogen-bond donors (Lipinski definition) is 2. The molecule has 0 aromatic carbocycles. The molecule has 0 radical (unpaired) electrons. The number of hydrogen-bond acceptors (Lipinski definition) is 4. The Kier molecular flexibility index (Phi) is 2.73. The third-order valence-electron chi connectivity index (χ3n) is 3.04. The average molecular weight is 225 g/mol. The predicted molar refractivity (Wildman–Crippen MR) is 56.4 cm³/mol. The minimum Gasteiger partial charge on any atom is -0.480 e. The fourth-order valence-electron chi connectivity index (χ4n) is 2.11. The van der Waals surface area contributed by atoms with Crippen LogP contribution in [0.25, 0.3) is 0 Å². The molecule has 1 aromatic rings. The van der Waals surface area contributed by atoms with Crippen LogP contribution in [0.5, 0.6) is 0 Å². The molecule has 1 saturated heterocycles. The second-order valence-electron chi connectivity index (χ2n) is 4.12.